The van der Waals surface area contributed by atoms with Crippen LogP contribution in [0.2, 0.25) is 0 Å². The van der Waals surface area contributed by atoms with Gasteiger partial charge in [-0.1, -0.05) is 21.6 Å². The van der Waals surface area contributed by atoms with Crippen LogP contribution in [0.25, 0.3) is 0 Å². The van der Waals surface area contributed by atoms with Gasteiger partial charge in [0.15, 0.2) is 0 Å². The molecule has 0 aliphatic carbocycles. The van der Waals surface area contributed by atoms with Crippen LogP contribution in [0.4, 0.5) is 0 Å². The summed E-state index contributed by atoms with van der Waals surface area (Å²) in [6, 6.07) is 0. The average molecular weight is 338 g/mol. The Balaban J connectivity index is 0. The van der Waals surface area contributed by atoms with Crippen LogP contribution < -0.4 is 0 Å². The Hall–Kier alpha value is 0.430. The topological polar surface area (TPSA) is 74.6 Å². The Morgan fingerprint density at radius 1 is 0.923 bits per heavy atom. The zero-order valence-corrected chi connectivity index (χ0v) is 10.7. The molecule has 0 amide bonds. The van der Waals surface area contributed by atoms with E-state index in [-0.39, 0.29) is 36.5 Å². The third-order valence-electron chi connectivity index (χ3n) is 0.882. The summed E-state index contributed by atoms with van der Waals surface area (Å²) in [5.41, 5.74) is 0. The molecule has 0 heterocycles. The molecule has 0 aliphatic rings. The van der Waals surface area contributed by atoms with Crippen LogP contribution in [0.1, 0.15) is 12.8 Å². The van der Waals surface area contributed by atoms with E-state index in [1.807, 2.05) is 0 Å². The van der Waals surface area contributed by atoms with Crippen LogP contribution in [-0.4, -0.2) is 57.3 Å². The van der Waals surface area contributed by atoms with Crippen molar-refractivity contribution in [2.24, 2.45) is 0 Å². The molecule has 0 fully saturated rings. The number of carboxylic acid groups (broad SMARTS) is 2. The zero-order chi connectivity index (χ0) is 9.40. The molecule has 0 saturated heterocycles. The number of carboxylic acids is 2. The second-order valence-corrected chi connectivity index (χ2v) is 4.63. The van der Waals surface area contributed by atoms with E-state index >= 15 is 0 Å². The van der Waals surface area contributed by atoms with Crippen LogP contribution in [0.3, 0.4) is 0 Å². The number of hydrogen-bond acceptors (Lipinski definition) is 4. The fraction of sp³-hybridized carbons (Fsp3) is 0.667. The molecule has 76 valence electrons. The van der Waals surface area contributed by atoms with Crippen molar-refractivity contribution in [1.29, 1.82) is 0 Å². The molecule has 2 N–H and O–H groups in total. The van der Waals surface area contributed by atoms with Gasteiger partial charge in [0, 0.05) is 35.2 Å². The quantitative estimate of drug-likeness (QED) is 0.409. The molecule has 4 nitrogen and oxygen atoms in total. The molecule has 0 rings (SSSR count). The Bertz CT molecular complexity index is 147. The minimum absolute atomic E-state index is 0. The summed E-state index contributed by atoms with van der Waals surface area (Å²) in [6.45, 7) is 0. The van der Waals surface area contributed by atoms with Crippen LogP contribution >= 0.6 is 21.6 Å². The van der Waals surface area contributed by atoms with Gasteiger partial charge in [-0.3, -0.25) is 9.59 Å². The van der Waals surface area contributed by atoms with Gasteiger partial charge in [-0.05, 0) is 0 Å². The van der Waals surface area contributed by atoms with E-state index in [1.165, 1.54) is 21.6 Å². The Morgan fingerprint density at radius 2 is 1.23 bits per heavy atom. The monoisotopic (exact) mass is 340 g/mol. The number of hydrogen-bond donors (Lipinski definition) is 2. The summed E-state index contributed by atoms with van der Waals surface area (Å²) in [5.74, 6) is -0.582. The molecule has 7 heteroatoms. The third-order valence-corrected chi connectivity index (χ3v) is 3.29. The molecule has 0 unspecified atom stereocenters. The molecule has 0 saturated carbocycles. The summed E-state index contributed by atoms with van der Waals surface area (Å²) in [4.78, 5) is 20.0. The molecule has 0 aromatic heterocycles. The summed E-state index contributed by atoms with van der Waals surface area (Å²) in [5, 5.41) is 16.5. The number of carbonyl (C=O) groups is 2. The predicted octanol–water partition coefficient (Wildman–Crippen LogP) is 0.936. The van der Waals surface area contributed by atoms with E-state index in [9.17, 15) is 9.59 Å². The molecule has 0 aromatic carbocycles. The van der Waals surface area contributed by atoms with Gasteiger partial charge in [0.2, 0.25) is 0 Å². The van der Waals surface area contributed by atoms with E-state index in [0.717, 1.165) is 0 Å². The number of rotatable bonds is 7. The van der Waals surface area contributed by atoms with Crippen LogP contribution in [0.5, 0.6) is 0 Å². The Labute approximate surface area is 101 Å². The van der Waals surface area contributed by atoms with Crippen LogP contribution in [0, 0.1) is 0 Å². The smallest absolute Gasteiger partial charge is 0.304 e. The van der Waals surface area contributed by atoms with E-state index in [0.29, 0.717) is 11.5 Å². The summed E-state index contributed by atoms with van der Waals surface area (Å²) in [7, 11) is 2.79. The fourth-order valence-electron chi connectivity index (χ4n) is 0.376. The van der Waals surface area contributed by atoms with Crippen molar-refractivity contribution in [2.75, 3.05) is 11.5 Å². The molecule has 0 aromatic rings. The van der Waals surface area contributed by atoms with Crippen molar-refractivity contribution in [3.8, 4) is 0 Å². The van der Waals surface area contributed by atoms with Crippen LogP contribution in [-0.2, 0) is 9.59 Å². The normalized spacial score (nSPS) is 8.92. The summed E-state index contributed by atoms with van der Waals surface area (Å²) in [6.07, 6.45) is 0.259. The van der Waals surface area contributed by atoms with Crippen molar-refractivity contribution in [3.63, 3.8) is 0 Å². The maximum absolute atomic E-state index is 10.0. The molecule has 2 radical (unpaired) electrons. The van der Waals surface area contributed by atoms with Crippen molar-refractivity contribution in [2.45, 2.75) is 12.8 Å². The predicted molar refractivity (Wildman–Crippen MR) is 55.2 cm³/mol. The van der Waals surface area contributed by atoms with Crippen molar-refractivity contribution >= 4 is 57.2 Å². The Kier molecular flexibility index (Phi) is 12.8. The first-order valence-corrected chi connectivity index (χ1v) is 5.79. The maximum Gasteiger partial charge on any atom is 0.304 e. The fourth-order valence-corrected chi connectivity index (χ4v) is 2.33. The van der Waals surface area contributed by atoms with E-state index in [4.69, 9.17) is 10.2 Å². The van der Waals surface area contributed by atoms with Gasteiger partial charge in [-0.25, -0.2) is 0 Å². The number of aliphatic carboxylic acids is 2. The first-order chi connectivity index (χ1) is 5.63. The van der Waals surface area contributed by atoms with E-state index in [2.05, 4.69) is 0 Å². The molecule has 13 heavy (non-hydrogen) atoms. The largest absolute Gasteiger partial charge is 0.481 e. The first kappa shape index (κ1) is 15.9. The SMILES string of the molecule is O=C(O)CCSSCCC(=O)O.[Te]. The van der Waals surface area contributed by atoms with Gasteiger partial charge in [-0.15, -0.1) is 0 Å². The van der Waals surface area contributed by atoms with E-state index in [1.54, 1.807) is 0 Å². The standard InChI is InChI=1S/C6H10O4S2.Te/c7-5(8)1-3-11-12-4-2-6(9)10;/h1-4H2,(H,7,8)(H,9,10);. The summed E-state index contributed by atoms with van der Waals surface area (Å²) < 4.78 is 0. The van der Waals surface area contributed by atoms with Crippen LogP contribution in [0.15, 0.2) is 0 Å². The minimum atomic E-state index is -0.818. The van der Waals surface area contributed by atoms with Gasteiger partial charge < -0.3 is 10.2 Å². The molecule has 0 atom stereocenters. The molecule has 0 bridgehead atoms. The Morgan fingerprint density at radius 3 is 1.46 bits per heavy atom. The minimum Gasteiger partial charge on any atom is -0.481 e. The average Bonchev–Trinajstić information content (AvgIpc) is 1.95. The summed E-state index contributed by atoms with van der Waals surface area (Å²) >= 11 is 0. The van der Waals surface area contributed by atoms with E-state index < -0.39 is 11.9 Å². The van der Waals surface area contributed by atoms with Gasteiger partial charge in [0.1, 0.15) is 0 Å². The second kappa shape index (κ2) is 10.5. The van der Waals surface area contributed by atoms with Gasteiger partial charge >= 0.3 is 11.9 Å². The third kappa shape index (κ3) is 15.2. The van der Waals surface area contributed by atoms with Crippen molar-refractivity contribution in [1.82, 2.24) is 0 Å². The molecular formula is C6H10O4S2Te. The molecule has 0 aliphatic heterocycles. The van der Waals surface area contributed by atoms with Crippen molar-refractivity contribution in [3.05, 3.63) is 0 Å². The molecule has 0 spiro atoms. The van der Waals surface area contributed by atoms with Gasteiger partial charge in [0.25, 0.3) is 0 Å². The van der Waals surface area contributed by atoms with Crippen molar-refractivity contribution < 1.29 is 19.8 Å². The first-order valence-electron chi connectivity index (χ1n) is 3.31. The second-order valence-electron chi connectivity index (χ2n) is 1.93. The molecular weight excluding hydrogens is 328 g/mol. The maximum atomic E-state index is 10.0. The van der Waals surface area contributed by atoms with Gasteiger partial charge in [0.05, 0.1) is 12.8 Å². The van der Waals surface area contributed by atoms with Gasteiger partial charge in [-0.2, -0.15) is 0 Å². The zero-order valence-electron chi connectivity index (χ0n) is 6.76.